The third-order valence-electron chi connectivity index (χ3n) is 4.91. The summed E-state index contributed by atoms with van der Waals surface area (Å²) in [5, 5.41) is 0. The Kier molecular flexibility index (Phi) is 3.58. The maximum Gasteiger partial charge on any atom is 0.309 e. The van der Waals surface area contributed by atoms with Gasteiger partial charge >= 0.3 is 5.97 Å². The average Bonchev–Trinajstić information content (AvgIpc) is 2.49. The van der Waals surface area contributed by atoms with E-state index in [-0.39, 0.29) is 18.0 Å². The number of hydrogen-bond acceptors (Lipinski definition) is 2. The maximum atomic E-state index is 12.3. The molecule has 2 nitrogen and oxygen atoms in total. The summed E-state index contributed by atoms with van der Waals surface area (Å²) in [6, 6.07) is 10.00. The highest BCUT2D eigenvalue weighted by atomic mass is 16.5. The quantitative estimate of drug-likeness (QED) is 0.762. The summed E-state index contributed by atoms with van der Waals surface area (Å²) in [4.78, 5) is 12.3. The van der Waals surface area contributed by atoms with Crippen LogP contribution in [0.4, 0.5) is 0 Å². The molecular formula is C17H22O2. The predicted molar refractivity (Wildman–Crippen MR) is 74.5 cm³/mol. The summed E-state index contributed by atoms with van der Waals surface area (Å²) < 4.78 is 5.69. The molecule has 0 radical (unpaired) electrons. The van der Waals surface area contributed by atoms with Crippen LogP contribution in [-0.4, -0.2) is 5.97 Å². The normalized spacial score (nSPS) is 30.9. The Hall–Kier alpha value is -1.31. The van der Waals surface area contributed by atoms with Crippen LogP contribution in [0.2, 0.25) is 0 Å². The van der Waals surface area contributed by atoms with Crippen molar-refractivity contribution in [3.8, 4) is 0 Å². The van der Waals surface area contributed by atoms with E-state index >= 15 is 0 Å². The molecule has 1 aromatic carbocycles. The first kappa shape index (κ1) is 12.7. The van der Waals surface area contributed by atoms with Gasteiger partial charge in [0, 0.05) is 0 Å². The molecule has 4 rings (SSSR count). The number of hydrogen-bond donors (Lipinski definition) is 0. The van der Waals surface area contributed by atoms with Gasteiger partial charge in [-0.3, -0.25) is 4.79 Å². The molecule has 2 bridgehead atoms. The highest BCUT2D eigenvalue weighted by molar-refractivity contribution is 5.73. The van der Waals surface area contributed by atoms with Gasteiger partial charge in [0.15, 0.2) is 0 Å². The lowest BCUT2D eigenvalue weighted by atomic mass is 9.65. The summed E-state index contributed by atoms with van der Waals surface area (Å²) in [7, 11) is 0. The SMILES string of the molecule is C[C@@H](OC(=O)[C@@H]1CC2CCC1CC2)c1ccccc1. The third kappa shape index (κ3) is 2.68. The summed E-state index contributed by atoms with van der Waals surface area (Å²) in [5.74, 6) is 1.56. The second-order valence-electron chi connectivity index (χ2n) is 6.11. The van der Waals surface area contributed by atoms with Crippen molar-refractivity contribution in [1.29, 1.82) is 0 Å². The summed E-state index contributed by atoms with van der Waals surface area (Å²) in [6.07, 6.45) is 6.03. The van der Waals surface area contributed by atoms with Crippen molar-refractivity contribution in [2.75, 3.05) is 0 Å². The number of carbonyl (C=O) groups is 1. The van der Waals surface area contributed by atoms with Crippen LogP contribution in [0.5, 0.6) is 0 Å². The molecule has 0 N–H and O–H groups in total. The van der Waals surface area contributed by atoms with Gasteiger partial charge in [-0.25, -0.2) is 0 Å². The minimum atomic E-state index is -0.130. The molecule has 102 valence electrons. The minimum absolute atomic E-state index is 0.0331. The van der Waals surface area contributed by atoms with E-state index in [1.54, 1.807) is 0 Å². The number of rotatable bonds is 3. The Morgan fingerprint density at radius 2 is 1.84 bits per heavy atom. The second kappa shape index (κ2) is 5.36. The largest absolute Gasteiger partial charge is 0.458 e. The molecule has 2 heteroatoms. The summed E-state index contributed by atoms with van der Waals surface area (Å²) >= 11 is 0. The third-order valence-corrected chi connectivity index (χ3v) is 4.91. The van der Waals surface area contributed by atoms with Crippen molar-refractivity contribution in [2.45, 2.75) is 45.1 Å². The molecule has 3 fully saturated rings. The van der Waals surface area contributed by atoms with Crippen molar-refractivity contribution in [3.63, 3.8) is 0 Å². The van der Waals surface area contributed by atoms with E-state index in [1.165, 1.54) is 25.7 Å². The van der Waals surface area contributed by atoms with Crippen LogP contribution >= 0.6 is 0 Å². The first-order valence-electron chi connectivity index (χ1n) is 7.49. The van der Waals surface area contributed by atoms with E-state index in [0.717, 1.165) is 17.9 Å². The molecule has 0 spiro atoms. The molecule has 3 saturated carbocycles. The van der Waals surface area contributed by atoms with Gasteiger partial charge in [-0.1, -0.05) is 43.2 Å². The lowest BCUT2D eigenvalue weighted by Crippen LogP contribution is -2.37. The van der Waals surface area contributed by atoms with Crippen molar-refractivity contribution in [3.05, 3.63) is 35.9 Å². The fraction of sp³-hybridized carbons (Fsp3) is 0.588. The van der Waals surface area contributed by atoms with Crippen LogP contribution in [0, 0.1) is 17.8 Å². The van der Waals surface area contributed by atoms with Crippen molar-refractivity contribution in [1.82, 2.24) is 0 Å². The molecule has 2 atom stereocenters. The molecule has 0 heterocycles. The first-order valence-corrected chi connectivity index (χ1v) is 7.49. The van der Waals surface area contributed by atoms with Gasteiger partial charge in [0.2, 0.25) is 0 Å². The van der Waals surface area contributed by atoms with Crippen LogP contribution in [0.1, 0.15) is 50.7 Å². The molecule has 3 aliphatic carbocycles. The van der Waals surface area contributed by atoms with Gasteiger partial charge in [0.1, 0.15) is 6.10 Å². The summed E-state index contributed by atoms with van der Waals surface area (Å²) in [5.41, 5.74) is 1.08. The summed E-state index contributed by atoms with van der Waals surface area (Å²) in [6.45, 7) is 1.97. The minimum Gasteiger partial charge on any atom is -0.458 e. The molecule has 0 aromatic heterocycles. The van der Waals surface area contributed by atoms with Gasteiger partial charge in [0.25, 0.3) is 0 Å². The van der Waals surface area contributed by atoms with Gasteiger partial charge < -0.3 is 4.74 Å². The molecular weight excluding hydrogens is 236 g/mol. The Bertz CT molecular complexity index is 432. The molecule has 0 aliphatic heterocycles. The Balaban J connectivity index is 1.62. The molecule has 0 saturated heterocycles. The van der Waals surface area contributed by atoms with E-state index in [9.17, 15) is 4.79 Å². The van der Waals surface area contributed by atoms with Crippen molar-refractivity contribution in [2.24, 2.45) is 17.8 Å². The molecule has 0 unspecified atom stereocenters. The standard InChI is InChI=1S/C17H22O2/c1-12(14-5-3-2-4-6-14)19-17(18)16-11-13-7-9-15(16)10-8-13/h2-6,12-13,15-16H,7-11H2,1H3/t12-,13?,15?,16-/m1/s1. The smallest absolute Gasteiger partial charge is 0.309 e. The van der Waals surface area contributed by atoms with Crippen LogP contribution in [0.3, 0.4) is 0 Å². The lowest BCUT2D eigenvalue weighted by Gasteiger charge is -2.41. The fourth-order valence-corrected chi connectivity index (χ4v) is 3.72. The van der Waals surface area contributed by atoms with Crippen molar-refractivity contribution >= 4 is 5.97 Å². The van der Waals surface area contributed by atoms with E-state index in [4.69, 9.17) is 4.74 Å². The van der Waals surface area contributed by atoms with E-state index in [0.29, 0.717) is 5.92 Å². The number of benzene rings is 1. The van der Waals surface area contributed by atoms with E-state index < -0.39 is 0 Å². The van der Waals surface area contributed by atoms with E-state index in [2.05, 4.69) is 0 Å². The van der Waals surface area contributed by atoms with Gasteiger partial charge in [-0.05, 0) is 43.6 Å². The highest BCUT2D eigenvalue weighted by Crippen LogP contribution is 2.45. The number of ether oxygens (including phenoxy) is 1. The Morgan fingerprint density at radius 3 is 2.42 bits per heavy atom. The average molecular weight is 258 g/mol. The van der Waals surface area contributed by atoms with Gasteiger partial charge in [-0.15, -0.1) is 0 Å². The fourth-order valence-electron chi connectivity index (χ4n) is 3.72. The first-order chi connectivity index (χ1) is 9.24. The van der Waals surface area contributed by atoms with Crippen LogP contribution in [0.15, 0.2) is 30.3 Å². The zero-order chi connectivity index (χ0) is 13.2. The Morgan fingerprint density at radius 1 is 1.16 bits per heavy atom. The lowest BCUT2D eigenvalue weighted by molar-refractivity contribution is -0.159. The maximum absolute atomic E-state index is 12.3. The van der Waals surface area contributed by atoms with Gasteiger partial charge in [0.05, 0.1) is 5.92 Å². The topological polar surface area (TPSA) is 26.3 Å². The van der Waals surface area contributed by atoms with Crippen LogP contribution in [0.25, 0.3) is 0 Å². The zero-order valence-corrected chi connectivity index (χ0v) is 11.5. The zero-order valence-electron chi connectivity index (χ0n) is 11.5. The predicted octanol–water partition coefficient (Wildman–Crippen LogP) is 4.12. The molecule has 1 aromatic rings. The second-order valence-corrected chi connectivity index (χ2v) is 6.11. The van der Waals surface area contributed by atoms with Gasteiger partial charge in [-0.2, -0.15) is 0 Å². The van der Waals surface area contributed by atoms with Crippen molar-refractivity contribution < 1.29 is 9.53 Å². The number of fused-ring (bicyclic) bond motifs is 3. The molecule has 3 aliphatic rings. The number of carbonyl (C=O) groups excluding carboxylic acids is 1. The van der Waals surface area contributed by atoms with E-state index in [1.807, 2.05) is 37.3 Å². The molecule has 0 amide bonds. The highest BCUT2D eigenvalue weighted by Gasteiger charge is 2.40. The van der Waals surface area contributed by atoms with Crippen LogP contribution < -0.4 is 0 Å². The number of esters is 1. The van der Waals surface area contributed by atoms with Crippen LogP contribution in [-0.2, 0) is 9.53 Å². The Labute approximate surface area is 115 Å². The molecule has 19 heavy (non-hydrogen) atoms. The monoisotopic (exact) mass is 258 g/mol.